The third-order valence-electron chi connectivity index (χ3n) is 5.21. The number of methoxy groups -OCH3 is 1. The molecule has 0 aliphatic heterocycles. The topological polar surface area (TPSA) is 60.2 Å². The molecule has 8 heteroatoms. The molecule has 0 amide bonds. The average molecular weight is 436 g/mol. The highest BCUT2D eigenvalue weighted by atomic mass is 19.3. The number of imidazole rings is 1. The van der Waals surface area contributed by atoms with E-state index in [0.717, 1.165) is 26.6 Å². The van der Waals surface area contributed by atoms with Crippen LogP contribution in [0.1, 0.15) is 28.4 Å². The van der Waals surface area contributed by atoms with Crippen LogP contribution in [0.2, 0.25) is 0 Å². The zero-order chi connectivity index (χ0) is 22.7. The molecular weight excluding hydrogens is 414 g/mol. The van der Waals surface area contributed by atoms with Crippen LogP contribution in [0.25, 0.3) is 22.0 Å². The van der Waals surface area contributed by atoms with Crippen molar-refractivity contribution in [2.75, 3.05) is 14.2 Å². The summed E-state index contributed by atoms with van der Waals surface area (Å²) in [6, 6.07) is 17.2. The molecule has 0 aliphatic rings. The minimum atomic E-state index is -2.67. The summed E-state index contributed by atoms with van der Waals surface area (Å²) in [6.45, 7) is -2.27. The number of hydrogen-bond donors (Lipinski definition) is 0. The van der Waals surface area contributed by atoms with Gasteiger partial charge in [0.25, 0.3) is 0 Å². The number of carbonyl (C=O) groups is 1. The molecule has 2 aromatic heterocycles. The second kappa shape index (κ2) is 9.23. The van der Waals surface area contributed by atoms with Gasteiger partial charge in [-0.3, -0.25) is 14.5 Å². The van der Waals surface area contributed by atoms with Crippen molar-refractivity contribution in [3.63, 3.8) is 0 Å². The molecule has 0 N–H and O–H groups in total. The maximum Gasteiger partial charge on any atom is 0.340 e. The van der Waals surface area contributed by atoms with Gasteiger partial charge < -0.3 is 4.74 Å². The number of nitrogens with zero attached hydrogens (tertiary/aromatic N) is 4. The van der Waals surface area contributed by atoms with Crippen LogP contribution in [0.4, 0.5) is 8.78 Å². The van der Waals surface area contributed by atoms with E-state index < -0.39 is 12.5 Å². The van der Waals surface area contributed by atoms with E-state index in [0.29, 0.717) is 11.3 Å². The molecule has 0 saturated carbocycles. The van der Waals surface area contributed by atoms with Gasteiger partial charge in [0.05, 0.1) is 30.4 Å². The lowest BCUT2D eigenvalue weighted by Crippen LogP contribution is -2.23. The number of benzene rings is 2. The quantitative estimate of drug-likeness (QED) is 0.385. The Labute approximate surface area is 184 Å². The predicted molar refractivity (Wildman–Crippen MR) is 117 cm³/mol. The Bertz CT molecular complexity index is 1240. The number of aromatic nitrogens is 3. The molecular formula is C24H22F2N4O2. The fourth-order valence-electron chi connectivity index (χ4n) is 3.80. The first kappa shape index (κ1) is 21.6. The second-order valence-electron chi connectivity index (χ2n) is 7.38. The second-order valence-corrected chi connectivity index (χ2v) is 7.38. The standard InChI is InChI=1S/C24H22F2N4O2/c1-29(15-20-27-12-13-30(20)24(25)26)14-19-22(23(31)32-2)21(16-8-4-3-5-9-16)17-10-6-7-11-18(17)28-19/h3-13,24H,14-15H2,1-2H3. The number of para-hydroxylation sites is 1. The molecule has 2 heterocycles. The van der Waals surface area contributed by atoms with E-state index in [1.54, 1.807) is 11.9 Å². The van der Waals surface area contributed by atoms with Gasteiger partial charge in [-0.25, -0.2) is 9.78 Å². The first-order valence-electron chi connectivity index (χ1n) is 10.0. The molecule has 0 saturated heterocycles. The normalized spacial score (nSPS) is 11.4. The predicted octanol–water partition coefficient (Wildman–Crippen LogP) is 4.91. The van der Waals surface area contributed by atoms with Crippen molar-refractivity contribution in [2.24, 2.45) is 0 Å². The monoisotopic (exact) mass is 436 g/mol. The maximum absolute atomic E-state index is 13.2. The Morgan fingerprint density at radius 3 is 2.53 bits per heavy atom. The molecule has 4 rings (SSSR count). The lowest BCUT2D eigenvalue weighted by Gasteiger charge is -2.21. The van der Waals surface area contributed by atoms with Gasteiger partial charge in [-0.15, -0.1) is 0 Å². The van der Waals surface area contributed by atoms with Gasteiger partial charge in [-0.1, -0.05) is 48.5 Å². The van der Waals surface area contributed by atoms with Crippen molar-refractivity contribution in [3.8, 4) is 11.1 Å². The zero-order valence-corrected chi connectivity index (χ0v) is 17.7. The lowest BCUT2D eigenvalue weighted by atomic mass is 9.94. The third-order valence-corrected chi connectivity index (χ3v) is 5.21. The Morgan fingerprint density at radius 2 is 1.81 bits per heavy atom. The van der Waals surface area contributed by atoms with Crippen molar-refractivity contribution >= 4 is 16.9 Å². The van der Waals surface area contributed by atoms with E-state index in [9.17, 15) is 13.6 Å². The molecule has 0 radical (unpaired) electrons. The largest absolute Gasteiger partial charge is 0.465 e. The fourth-order valence-corrected chi connectivity index (χ4v) is 3.80. The molecule has 164 valence electrons. The summed E-state index contributed by atoms with van der Waals surface area (Å²) < 4.78 is 32.3. The van der Waals surface area contributed by atoms with E-state index in [-0.39, 0.29) is 18.9 Å². The number of alkyl halides is 2. The number of halogens is 2. The summed E-state index contributed by atoms with van der Waals surface area (Å²) in [6.07, 6.45) is 2.59. The molecule has 0 spiro atoms. The van der Waals surface area contributed by atoms with Crippen LogP contribution in [0.5, 0.6) is 0 Å². The number of esters is 1. The molecule has 0 aliphatic carbocycles. The third kappa shape index (κ3) is 4.22. The van der Waals surface area contributed by atoms with Crippen LogP contribution >= 0.6 is 0 Å². The molecule has 4 aromatic rings. The maximum atomic E-state index is 13.2. The number of rotatable bonds is 7. The molecule has 0 atom stereocenters. The SMILES string of the molecule is COC(=O)c1c(CN(C)Cc2nccn2C(F)F)nc2ccccc2c1-c1ccccc1. The summed E-state index contributed by atoms with van der Waals surface area (Å²) in [5, 5.41) is 0.832. The molecule has 2 aromatic carbocycles. The number of hydrogen-bond acceptors (Lipinski definition) is 5. The van der Waals surface area contributed by atoms with Crippen LogP contribution in [0, 0.1) is 0 Å². The van der Waals surface area contributed by atoms with Crippen LogP contribution in [0.3, 0.4) is 0 Å². The van der Waals surface area contributed by atoms with Crippen LogP contribution < -0.4 is 0 Å². The van der Waals surface area contributed by atoms with Crippen molar-refractivity contribution in [2.45, 2.75) is 19.6 Å². The first-order chi connectivity index (χ1) is 15.5. The van der Waals surface area contributed by atoms with Crippen molar-refractivity contribution in [1.82, 2.24) is 19.4 Å². The van der Waals surface area contributed by atoms with Gasteiger partial charge in [0.2, 0.25) is 0 Å². The number of pyridine rings is 1. The minimum Gasteiger partial charge on any atom is -0.465 e. The van der Waals surface area contributed by atoms with E-state index >= 15 is 0 Å². The summed E-state index contributed by atoms with van der Waals surface area (Å²) in [7, 11) is 3.10. The van der Waals surface area contributed by atoms with Gasteiger partial charge in [0, 0.05) is 29.9 Å². The van der Waals surface area contributed by atoms with E-state index in [2.05, 4.69) is 4.98 Å². The highest BCUT2D eigenvalue weighted by Crippen LogP contribution is 2.34. The summed E-state index contributed by atoms with van der Waals surface area (Å²) in [4.78, 5) is 23.5. The number of fused-ring (bicyclic) bond motifs is 1. The smallest absolute Gasteiger partial charge is 0.340 e. The molecule has 0 unspecified atom stereocenters. The van der Waals surface area contributed by atoms with E-state index in [4.69, 9.17) is 9.72 Å². The first-order valence-corrected chi connectivity index (χ1v) is 10.0. The fraction of sp³-hybridized carbons (Fsp3) is 0.208. The summed E-state index contributed by atoms with van der Waals surface area (Å²) in [5.74, 6) is -0.272. The van der Waals surface area contributed by atoms with Gasteiger partial charge in [-0.05, 0) is 18.7 Å². The Hall–Kier alpha value is -3.65. The van der Waals surface area contributed by atoms with Crippen LogP contribution in [-0.4, -0.2) is 39.6 Å². The Kier molecular flexibility index (Phi) is 6.23. The highest BCUT2D eigenvalue weighted by molar-refractivity contribution is 6.07. The Balaban J connectivity index is 1.82. The van der Waals surface area contributed by atoms with Gasteiger partial charge in [0.1, 0.15) is 5.82 Å². The lowest BCUT2D eigenvalue weighted by molar-refractivity contribution is 0.0599. The summed E-state index contributed by atoms with van der Waals surface area (Å²) >= 11 is 0. The average Bonchev–Trinajstić information content (AvgIpc) is 3.26. The van der Waals surface area contributed by atoms with E-state index in [1.165, 1.54) is 19.5 Å². The van der Waals surface area contributed by atoms with Crippen LogP contribution in [-0.2, 0) is 17.8 Å². The van der Waals surface area contributed by atoms with Gasteiger partial charge in [-0.2, -0.15) is 8.78 Å². The van der Waals surface area contributed by atoms with Crippen molar-refractivity contribution in [3.05, 3.63) is 84.1 Å². The van der Waals surface area contributed by atoms with Gasteiger partial charge in [0.15, 0.2) is 0 Å². The Morgan fingerprint density at radius 1 is 1.09 bits per heavy atom. The molecule has 32 heavy (non-hydrogen) atoms. The highest BCUT2D eigenvalue weighted by Gasteiger charge is 2.24. The van der Waals surface area contributed by atoms with Crippen LogP contribution in [0.15, 0.2) is 67.0 Å². The van der Waals surface area contributed by atoms with Crippen molar-refractivity contribution in [1.29, 1.82) is 0 Å². The number of ether oxygens (including phenoxy) is 1. The molecule has 6 nitrogen and oxygen atoms in total. The molecule has 0 bridgehead atoms. The van der Waals surface area contributed by atoms with Gasteiger partial charge >= 0.3 is 12.5 Å². The molecule has 0 fully saturated rings. The van der Waals surface area contributed by atoms with Crippen molar-refractivity contribution < 1.29 is 18.3 Å². The number of carbonyl (C=O) groups excluding carboxylic acids is 1. The zero-order valence-electron chi connectivity index (χ0n) is 17.7. The minimum absolute atomic E-state index is 0.160. The summed E-state index contributed by atoms with van der Waals surface area (Å²) in [5.41, 5.74) is 3.20. The van der Waals surface area contributed by atoms with E-state index in [1.807, 2.05) is 54.6 Å².